The lowest BCUT2D eigenvalue weighted by Crippen LogP contribution is -2.14. The van der Waals surface area contributed by atoms with Crippen molar-refractivity contribution in [2.24, 2.45) is 0 Å². The SMILES string of the molecule is CCn1c(C(F)(F)F)nc2c(-c3cccc(F)c3)nccc21. The van der Waals surface area contributed by atoms with Crippen molar-refractivity contribution in [3.8, 4) is 11.3 Å². The highest BCUT2D eigenvalue weighted by molar-refractivity contribution is 5.90. The summed E-state index contributed by atoms with van der Waals surface area (Å²) in [6.07, 6.45) is -3.16. The first-order chi connectivity index (χ1) is 10.4. The number of aryl methyl sites for hydroxylation is 1. The van der Waals surface area contributed by atoms with Crippen LogP contribution < -0.4 is 0 Å². The quantitative estimate of drug-likeness (QED) is 0.662. The maximum atomic E-state index is 13.4. The van der Waals surface area contributed by atoms with Gasteiger partial charge in [-0.3, -0.25) is 4.98 Å². The number of alkyl halides is 3. The van der Waals surface area contributed by atoms with E-state index in [1.54, 1.807) is 13.0 Å². The molecule has 1 aromatic carbocycles. The molecule has 0 saturated heterocycles. The lowest BCUT2D eigenvalue weighted by molar-refractivity contribution is -0.146. The minimum absolute atomic E-state index is 0.113. The van der Waals surface area contributed by atoms with Crippen LogP contribution in [0.1, 0.15) is 12.7 Å². The van der Waals surface area contributed by atoms with E-state index in [2.05, 4.69) is 9.97 Å². The third-order valence-corrected chi connectivity index (χ3v) is 3.33. The number of nitrogens with zero attached hydrogens (tertiary/aromatic N) is 3. The van der Waals surface area contributed by atoms with Gasteiger partial charge >= 0.3 is 6.18 Å². The molecule has 7 heteroatoms. The van der Waals surface area contributed by atoms with Gasteiger partial charge in [-0.2, -0.15) is 13.2 Å². The standard InChI is InChI=1S/C15H11F4N3/c1-2-22-11-6-7-20-12(9-4-3-5-10(16)8-9)13(11)21-14(22)15(17,18)19/h3-8H,2H2,1H3. The molecule has 22 heavy (non-hydrogen) atoms. The summed E-state index contributed by atoms with van der Waals surface area (Å²) in [5, 5.41) is 0. The second kappa shape index (κ2) is 5.08. The van der Waals surface area contributed by atoms with Crippen molar-refractivity contribution in [3.63, 3.8) is 0 Å². The molecule has 0 aliphatic rings. The zero-order valence-corrected chi connectivity index (χ0v) is 11.5. The lowest BCUT2D eigenvalue weighted by atomic mass is 10.1. The Hall–Kier alpha value is -2.44. The fraction of sp³-hybridized carbons (Fsp3) is 0.200. The summed E-state index contributed by atoms with van der Waals surface area (Å²) in [5.74, 6) is -1.46. The number of hydrogen-bond donors (Lipinski definition) is 0. The van der Waals surface area contributed by atoms with E-state index >= 15 is 0 Å². The zero-order valence-electron chi connectivity index (χ0n) is 11.5. The third-order valence-electron chi connectivity index (χ3n) is 3.33. The van der Waals surface area contributed by atoms with Crippen LogP contribution in [0.25, 0.3) is 22.3 Å². The van der Waals surface area contributed by atoms with Crippen molar-refractivity contribution in [3.05, 3.63) is 48.2 Å². The Kier molecular flexibility index (Phi) is 3.35. The molecule has 0 bridgehead atoms. The van der Waals surface area contributed by atoms with E-state index in [9.17, 15) is 17.6 Å². The summed E-state index contributed by atoms with van der Waals surface area (Å²) in [4.78, 5) is 7.79. The van der Waals surface area contributed by atoms with Gasteiger partial charge in [0.05, 0.1) is 11.2 Å². The summed E-state index contributed by atoms with van der Waals surface area (Å²) in [7, 11) is 0. The van der Waals surface area contributed by atoms with Crippen LogP contribution in [0.3, 0.4) is 0 Å². The highest BCUT2D eigenvalue weighted by atomic mass is 19.4. The molecule has 2 aromatic heterocycles. The van der Waals surface area contributed by atoms with Gasteiger partial charge in [0.1, 0.15) is 11.3 Å². The van der Waals surface area contributed by atoms with Gasteiger partial charge in [0.2, 0.25) is 5.82 Å². The van der Waals surface area contributed by atoms with E-state index in [1.165, 1.54) is 30.5 Å². The highest BCUT2D eigenvalue weighted by Gasteiger charge is 2.37. The number of aromatic nitrogens is 3. The summed E-state index contributed by atoms with van der Waals surface area (Å²) in [6.45, 7) is 1.73. The Bertz CT molecular complexity index is 836. The highest BCUT2D eigenvalue weighted by Crippen LogP contribution is 2.34. The molecular weight excluding hydrogens is 298 g/mol. The van der Waals surface area contributed by atoms with E-state index in [1.807, 2.05) is 0 Å². The molecule has 0 N–H and O–H groups in total. The number of rotatable bonds is 2. The molecule has 0 amide bonds. The van der Waals surface area contributed by atoms with E-state index < -0.39 is 17.8 Å². The molecule has 0 saturated carbocycles. The molecule has 114 valence electrons. The molecule has 0 aliphatic heterocycles. The van der Waals surface area contributed by atoms with Crippen molar-refractivity contribution < 1.29 is 17.6 Å². The van der Waals surface area contributed by atoms with Gasteiger partial charge in [0, 0.05) is 18.3 Å². The molecule has 0 fully saturated rings. The van der Waals surface area contributed by atoms with Gasteiger partial charge in [-0.05, 0) is 25.1 Å². The van der Waals surface area contributed by atoms with E-state index in [0.29, 0.717) is 11.1 Å². The van der Waals surface area contributed by atoms with Gasteiger partial charge in [0.25, 0.3) is 0 Å². The smallest absolute Gasteiger partial charge is 0.321 e. The van der Waals surface area contributed by atoms with Gasteiger partial charge in [-0.1, -0.05) is 12.1 Å². The second-order valence-electron chi connectivity index (χ2n) is 4.72. The first-order valence-electron chi connectivity index (χ1n) is 6.60. The average molecular weight is 309 g/mol. The fourth-order valence-corrected chi connectivity index (χ4v) is 2.44. The Labute approximate surface area is 123 Å². The normalized spacial score (nSPS) is 12.0. The Morgan fingerprint density at radius 2 is 1.95 bits per heavy atom. The van der Waals surface area contributed by atoms with Crippen LogP contribution in [0.4, 0.5) is 17.6 Å². The maximum absolute atomic E-state index is 13.4. The molecule has 0 spiro atoms. The fourth-order valence-electron chi connectivity index (χ4n) is 2.44. The van der Waals surface area contributed by atoms with E-state index in [0.717, 1.165) is 4.57 Å². The Morgan fingerprint density at radius 3 is 2.59 bits per heavy atom. The van der Waals surface area contributed by atoms with Gasteiger partial charge in [0.15, 0.2) is 0 Å². The number of halogens is 4. The summed E-state index contributed by atoms with van der Waals surface area (Å²) in [5.41, 5.74) is 1.06. The van der Waals surface area contributed by atoms with Crippen LogP contribution in [0, 0.1) is 5.82 Å². The van der Waals surface area contributed by atoms with Crippen LogP contribution in [0.5, 0.6) is 0 Å². The Balaban J connectivity index is 2.32. The molecule has 0 atom stereocenters. The molecule has 0 unspecified atom stereocenters. The van der Waals surface area contributed by atoms with Crippen LogP contribution in [0.15, 0.2) is 36.5 Å². The van der Waals surface area contributed by atoms with Crippen LogP contribution in [-0.2, 0) is 12.7 Å². The van der Waals surface area contributed by atoms with E-state index in [4.69, 9.17) is 0 Å². The number of imidazole rings is 1. The lowest BCUT2D eigenvalue weighted by Gasteiger charge is -2.08. The van der Waals surface area contributed by atoms with Gasteiger partial charge < -0.3 is 4.57 Å². The van der Waals surface area contributed by atoms with Crippen LogP contribution in [-0.4, -0.2) is 14.5 Å². The minimum atomic E-state index is -4.56. The van der Waals surface area contributed by atoms with Crippen LogP contribution >= 0.6 is 0 Å². The van der Waals surface area contributed by atoms with Crippen molar-refractivity contribution in [2.45, 2.75) is 19.6 Å². The number of hydrogen-bond acceptors (Lipinski definition) is 2. The van der Waals surface area contributed by atoms with Crippen molar-refractivity contribution in [1.29, 1.82) is 0 Å². The summed E-state index contributed by atoms with van der Waals surface area (Å²) < 4.78 is 53.8. The van der Waals surface area contributed by atoms with Crippen LogP contribution in [0.2, 0.25) is 0 Å². The first-order valence-corrected chi connectivity index (χ1v) is 6.60. The monoisotopic (exact) mass is 309 g/mol. The molecule has 0 radical (unpaired) electrons. The molecular formula is C15H11F4N3. The number of fused-ring (bicyclic) bond motifs is 1. The molecule has 2 heterocycles. The molecule has 3 aromatic rings. The molecule has 3 nitrogen and oxygen atoms in total. The Morgan fingerprint density at radius 1 is 1.18 bits per heavy atom. The minimum Gasteiger partial charge on any atom is -0.321 e. The number of benzene rings is 1. The predicted octanol–water partition coefficient (Wildman–Crippen LogP) is 4.28. The second-order valence-corrected chi connectivity index (χ2v) is 4.72. The van der Waals surface area contributed by atoms with Crippen molar-refractivity contribution in [2.75, 3.05) is 0 Å². The molecule has 3 rings (SSSR count). The van der Waals surface area contributed by atoms with Gasteiger partial charge in [-0.15, -0.1) is 0 Å². The largest absolute Gasteiger partial charge is 0.449 e. The predicted molar refractivity (Wildman–Crippen MR) is 73.6 cm³/mol. The maximum Gasteiger partial charge on any atom is 0.449 e. The topological polar surface area (TPSA) is 30.7 Å². The average Bonchev–Trinajstić information content (AvgIpc) is 2.85. The number of pyridine rings is 1. The third kappa shape index (κ3) is 2.32. The first kappa shape index (κ1) is 14.5. The van der Waals surface area contributed by atoms with Crippen molar-refractivity contribution in [1.82, 2.24) is 14.5 Å². The summed E-state index contributed by atoms with van der Waals surface area (Å²) in [6, 6.07) is 7.02. The summed E-state index contributed by atoms with van der Waals surface area (Å²) >= 11 is 0. The molecule has 0 aliphatic carbocycles. The van der Waals surface area contributed by atoms with E-state index in [-0.39, 0.29) is 17.8 Å². The van der Waals surface area contributed by atoms with Crippen molar-refractivity contribution >= 4 is 11.0 Å². The van der Waals surface area contributed by atoms with Gasteiger partial charge in [-0.25, -0.2) is 9.37 Å². The zero-order chi connectivity index (χ0) is 15.9.